The molecule has 2 rings (SSSR count). The van der Waals surface area contributed by atoms with E-state index in [-0.39, 0.29) is 6.61 Å². The number of rotatable bonds is 2. The molecule has 1 heterocycles. The molecule has 1 aromatic carbocycles. The average Bonchev–Trinajstić information content (AvgIpc) is 2.70. The summed E-state index contributed by atoms with van der Waals surface area (Å²) >= 11 is 7.51. The highest BCUT2D eigenvalue weighted by molar-refractivity contribution is 7.13. The molecule has 0 saturated carbocycles. The van der Waals surface area contributed by atoms with Gasteiger partial charge >= 0.3 is 0 Å². The van der Waals surface area contributed by atoms with E-state index in [1.807, 2.05) is 29.6 Å². The minimum atomic E-state index is 0.0216. The van der Waals surface area contributed by atoms with Crippen molar-refractivity contribution < 1.29 is 5.11 Å². The lowest BCUT2D eigenvalue weighted by Gasteiger charge is -2.05. The van der Waals surface area contributed by atoms with Gasteiger partial charge in [-0.05, 0) is 34.7 Å². The van der Waals surface area contributed by atoms with Gasteiger partial charge in [0.25, 0.3) is 0 Å². The van der Waals surface area contributed by atoms with E-state index >= 15 is 0 Å². The number of hydrogen-bond donors (Lipinski definition) is 1. The van der Waals surface area contributed by atoms with Crippen LogP contribution in [0.15, 0.2) is 35.7 Å². The van der Waals surface area contributed by atoms with Crippen molar-refractivity contribution in [1.29, 1.82) is 0 Å². The highest BCUT2D eigenvalue weighted by Gasteiger charge is 2.05. The van der Waals surface area contributed by atoms with E-state index in [2.05, 4.69) is 0 Å². The summed E-state index contributed by atoms with van der Waals surface area (Å²) in [6, 6.07) is 9.62. The SMILES string of the molecule is OCc1cc(Cl)ccc1-c1cccs1. The van der Waals surface area contributed by atoms with E-state index < -0.39 is 0 Å². The van der Waals surface area contributed by atoms with Crippen LogP contribution in [0.4, 0.5) is 0 Å². The van der Waals surface area contributed by atoms with E-state index in [0.29, 0.717) is 5.02 Å². The molecule has 14 heavy (non-hydrogen) atoms. The van der Waals surface area contributed by atoms with Gasteiger partial charge in [-0.3, -0.25) is 0 Å². The Kier molecular flexibility index (Phi) is 2.87. The summed E-state index contributed by atoms with van der Waals surface area (Å²) in [5.74, 6) is 0. The monoisotopic (exact) mass is 224 g/mol. The van der Waals surface area contributed by atoms with Crippen molar-refractivity contribution in [2.75, 3.05) is 0 Å². The van der Waals surface area contributed by atoms with Crippen molar-refractivity contribution in [2.24, 2.45) is 0 Å². The molecule has 1 N–H and O–H groups in total. The van der Waals surface area contributed by atoms with Crippen molar-refractivity contribution in [2.45, 2.75) is 6.61 Å². The molecule has 0 saturated heterocycles. The van der Waals surface area contributed by atoms with Crippen LogP contribution >= 0.6 is 22.9 Å². The van der Waals surface area contributed by atoms with Crippen LogP contribution < -0.4 is 0 Å². The van der Waals surface area contributed by atoms with Crippen molar-refractivity contribution in [1.82, 2.24) is 0 Å². The van der Waals surface area contributed by atoms with Crippen LogP contribution in [0.3, 0.4) is 0 Å². The first kappa shape index (κ1) is 9.71. The quantitative estimate of drug-likeness (QED) is 0.827. The third-order valence-electron chi connectivity index (χ3n) is 2.02. The third-order valence-corrected chi connectivity index (χ3v) is 3.16. The smallest absolute Gasteiger partial charge is 0.0688 e. The Morgan fingerprint density at radius 1 is 1.29 bits per heavy atom. The minimum Gasteiger partial charge on any atom is -0.392 e. The average molecular weight is 225 g/mol. The number of thiophene rings is 1. The van der Waals surface area contributed by atoms with Crippen molar-refractivity contribution >= 4 is 22.9 Å². The molecule has 0 radical (unpaired) electrons. The first-order chi connectivity index (χ1) is 6.81. The molecule has 0 bridgehead atoms. The molecule has 1 aromatic heterocycles. The third kappa shape index (κ3) is 1.82. The second kappa shape index (κ2) is 4.13. The van der Waals surface area contributed by atoms with E-state index in [1.165, 1.54) is 0 Å². The van der Waals surface area contributed by atoms with Gasteiger partial charge in [0, 0.05) is 9.90 Å². The molecule has 72 valence electrons. The molecule has 0 fully saturated rings. The summed E-state index contributed by atoms with van der Waals surface area (Å²) in [4.78, 5) is 1.16. The van der Waals surface area contributed by atoms with E-state index in [9.17, 15) is 5.11 Å². The van der Waals surface area contributed by atoms with Gasteiger partial charge in [0.15, 0.2) is 0 Å². The van der Waals surface area contributed by atoms with E-state index in [4.69, 9.17) is 11.6 Å². The lowest BCUT2D eigenvalue weighted by molar-refractivity contribution is 0.282. The number of aliphatic hydroxyl groups excluding tert-OH is 1. The molecule has 0 unspecified atom stereocenters. The molecular formula is C11H9ClOS. The zero-order valence-electron chi connectivity index (χ0n) is 7.40. The van der Waals surface area contributed by atoms with Gasteiger partial charge in [-0.1, -0.05) is 23.7 Å². The van der Waals surface area contributed by atoms with Crippen molar-refractivity contribution in [3.05, 3.63) is 46.3 Å². The number of benzene rings is 1. The summed E-state index contributed by atoms with van der Waals surface area (Å²) in [5, 5.41) is 11.9. The van der Waals surface area contributed by atoms with Gasteiger partial charge in [0.05, 0.1) is 6.61 Å². The van der Waals surface area contributed by atoms with Crippen LogP contribution in [-0.4, -0.2) is 5.11 Å². The summed E-state index contributed by atoms with van der Waals surface area (Å²) in [6.07, 6.45) is 0. The van der Waals surface area contributed by atoms with Gasteiger partial charge in [-0.2, -0.15) is 0 Å². The molecule has 0 aliphatic rings. The first-order valence-electron chi connectivity index (χ1n) is 4.24. The van der Waals surface area contributed by atoms with Gasteiger partial charge in [-0.15, -0.1) is 11.3 Å². The van der Waals surface area contributed by atoms with Crippen molar-refractivity contribution in [3.63, 3.8) is 0 Å². The van der Waals surface area contributed by atoms with Crippen LogP contribution in [0.2, 0.25) is 5.02 Å². The van der Waals surface area contributed by atoms with Crippen LogP contribution in [0, 0.1) is 0 Å². The number of aliphatic hydroxyl groups is 1. The maximum absolute atomic E-state index is 9.19. The van der Waals surface area contributed by atoms with Gasteiger partial charge in [0.1, 0.15) is 0 Å². The predicted molar refractivity (Wildman–Crippen MR) is 60.7 cm³/mol. The van der Waals surface area contributed by atoms with Crippen LogP contribution in [0.5, 0.6) is 0 Å². The Bertz CT molecular complexity index is 423. The second-order valence-electron chi connectivity index (χ2n) is 2.94. The fourth-order valence-corrected chi connectivity index (χ4v) is 2.35. The molecular weight excluding hydrogens is 216 g/mol. The highest BCUT2D eigenvalue weighted by atomic mass is 35.5. The Balaban J connectivity index is 2.53. The molecule has 0 aliphatic carbocycles. The number of hydrogen-bond acceptors (Lipinski definition) is 2. The zero-order chi connectivity index (χ0) is 9.97. The number of halogens is 1. The van der Waals surface area contributed by atoms with Gasteiger partial charge in [-0.25, -0.2) is 0 Å². The molecule has 0 spiro atoms. The summed E-state index contributed by atoms with van der Waals surface area (Å²) in [6.45, 7) is 0.0216. The van der Waals surface area contributed by atoms with Crippen molar-refractivity contribution in [3.8, 4) is 10.4 Å². The minimum absolute atomic E-state index is 0.0216. The zero-order valence-corrected chi connectivity index (χ0v) is 8.98. The summed E-state index contributed by atoms with van der Waals surface area (Å²) in [5.41, 5.74) is 1.94. The Morgan fingerprint density at radius 2 is 2.14 bits per heavy atom. The Morgan fingerprint density at radius 3 is 2.79 bits per heavy atom. The molecule has 0 aliphatic heterocycles. The molecule has 3 heteroatoms. The fourth-order valence-electron chi connectivity index (χ4n) is 1.37. The molecule has 0 atom stereocenters. The standard InChI is InChI=1S/C11H9ClOS/c12-9-3-4-10(8(6-9)7-13)11-2-1-5-14-11/h1-6,13H,7H2. The molecule has 0 amide bonds. The van der Waals surface area contributed by atoms with E-state index in [0.717, 1.165) is 16.0 Å². The summed E-state index contributed by atoms with van der Waals surface area (Å²) in [7, 11) is 0. The Labute approximate surface area is 91.6 Å². The highest BCUT2D eigenvalue weighted by Crippen LogP contribution is 2.29. The topological polar surface area (TPSA) is 20.2 Å². The molecule has 2 aromatic rings. The van der Waals surface area contributed by atoms with Gasteiger partial charge in [0.2, 0.25) is 0 Å². The van der Waals surface area contributed by atoms with Gasteiger partial charge < -0.3 is 5.11 Å². The lowest BCUT2D eigenvalue weighted by atomic mass is 10.1. The molecule has 1 nitrogen and oxygen atoms in total. The first-order valence-corrected chi connectivity index (χ1v) is 5.50. The van der Waals surface area contributed by atoms with Crippen LogP contribution in [0.25, 0.3) is 10.4 Å². The Hall–Kier alpha value is -0.830. The fraction of sp³-hybridized carbons (Fsp3) is 0.0909. The second-order valence-corrected chi connectivity index (χ2v) is 4.32. The van der Waals surface area contributed by atoms with E-state index in [1.54, 1.807) is 17.4 Å². The predicted octanol–water partition coefficient (Wildman–Crippen LogP) is 3.56. The maximum atomic E-state index is 9.19. The van der Waals surface area contributed by atoms with Crippen LogP contribution in [0.1, 0.15) is 5.56 Å². The normalized spacial score (nSPS) is 10.4. The summed E-state index contributed by atoms with van der Waals surface area (Å²) < 4.78 is 0. The lowest BCUT2D eigenvalue weighted by Crippen LogP contribution is -1.87. The maximum Gasteiger partial charge on any atom is 0.0688 e. The van der Waals surface area contributed by atoms with Crippen LogP contribution in [-0.2, 0) is 6.61 Å². The largest absolute Gasteiger partial charge is 0.392 e.